The van der Waals surface area contributed by atoms with E-state index in [1.807, 2.05) is 31.2 Å². The monoisotopic (exact) mass is 499 g/mol. The van der Waals surface area contributed by atoms with Crippen molar-refractivity contribution in [3.63, 3.8) is 0 Å². The van der Waals surface area contributed by atoms with Gasteiger partial charge in [0.2, 0.25) is 16.8 Å². The van der Waals surface area contributed by atoms with E-state index < -0.39 is 22.5 Å². The second kappa shape index (κ2) is 10.3. The smallest absolute Gasteiger partial charge is 0.255 e. The molecule has 1 aliphatic heterocycles. The molecule has 176 valence electrons. The van der Waals surface area contributed by atoms with E-state index in [1.54, 1.807) is 18.2 Å². The van der Waals surface area contributed by atoms with Gasteiger partial charge in [0.05, 0.1) is 17.7 Å². The van der Waals surface area contributed by atoms with Crippen molar-refractivity contribution in [2.45, 2.75) is 18.4 Å². The van der Waals surface area contributed by atoms with Crippen molar-refractivity contribution >= 4 is 33.7 Å². The molecule has 3 aromatic carbocycles. The van der Waals surface area contributed by atoms with Crippen molar-refractivity contribution in [1.29, 1.82) is 0 Å². The van der Waals surface area contributed by atoms with Crippen LogP contribution in [0, 0.1) is 6.92 Å². The van der Waals surface area contributed by atoms with E-state index >= 15 is 0 Å². The Morgan fingerprint density at radius 3 is 2.50 bits per heavy atom. The summed E-state index contributed by atoms with van der Waals surface area (Å²) in [5, 5.41) is 4.36. The van der Waals surface area contributed by atoms with Gasteiger partial charge in [-0.2, -0.15) is 9.41 Å². The van der Waals surface area contributed by atoms with Crippen LogP contribution in [0.2, 0.25) is 5.02 Å². The van der Waals surface area contributed by atoms with Gasteiger partial charge in [-0.3, -0.25) is 4.79 Å². The van der Waals surface area contributed by atoms with Crippen molar-refractivity contribution < 1.29 is 22.7 Å². The lowest BCUT2D eigenvalue weighted by molar-refractivity contribution is -0.121. The molecule has 8 nitrogen and oxygen atoms in total. The highest BCUT2D eigenvalue weighted by atomic mass is 35.5. The molecule has 0 bridgehead atoms. The normalized spacial score (nSPS) is 12.9. The molecular formula is C24H22ClN3O5S. The number of hydrazone groups is 1. The van der Waals surface area contributed by atoms with E-state index in [0.717, 1.165) is 15.4 Å². The van der Waals surface area contributed by atoms with Crippen LogP contribution >= 0.6 is 11.6 Å². The average molecular weight is 500 g/mol. The molecule has 0 saturated carbocycles. The molecule has 1 N–H and O–H groups in total. The fourth-order valence-corrected chi connectivity index (χ4v) is 4.76. The van der Waals surface area contributed by atoms with Crippen LogP contribution < -0.4 is 14.9 Å². The molecule has 3 aromatic rings. The van der Waals surface area contributed by atoms with Crippen molar-refractivity contribution in [2.75, 3.05) is 13.3 Å². The van der Waals surface area contributed by atoms with Gasteiger partial charge in [-0.15, -0.1) is 0 Å². The Balaban J connectivity index is 1.49. The molecule has 34 heavy (non-hydrogen) atoms. The number of nitrogens with one attached hydrogen (secondary N) is 1. The summed E-state index contributed by atoms with van der Waals surface area (Å²) in [6.45, 7) is 1.70. The number of carbonyl (C=O) groups excluding carboxylic acids is 1. The third-order valence-electron chi connectivity index (χ3n) is 5.05. The highest BCUT2D eigenvalue weighted by molar-refractivity contribution is 7.89. The molecule has 0 atom stereocenters. The van der Waals surface area contributed by atoms with Gasteiger partial charge in [0.1, 0.15) is 0 Å². The van der Waals surface area contributed by atoms with E-state index in [9.17, 15) is 13.2 Å². The number of halogens is 1. The van der Waals surface area contributed by atoms with E-state index in [2.05, 4.69) is 10.5 Å². The van der Waals surface area contributed by atoms with Gasteiger partial charge in [-0.05, 0) is 60.5 Å². The number of sulfonamides is 1. The van der Waals surface area contributed by atoms with Gasteiger partial charge in [0.15, 0.2) is 11.5 Å². The number of benzene rings is 3. The Hall–Kier alpha value is -3.40. The molecule has 0 unspecified atom stereocenters. The van der Waals surface area contributed by atoms with Crippen molar-refractivity contribution in [3.05, 3.63) is 88.4 Å². The summed E-state index contributed by atoms with van der Waals surface area (Å²) in [5.41, 5.74) is 4.88. The van der Waals surface area contributed by atoms with Crippen molar-refractivity contribution in [2.24, 2.45) is 5.10 Å². The van der Waals surface area contributed by atoms with Gasteiger partial charge < -0.3 is 9.47 Å². The molecule has 10 heteroatoms. The fourth-order valence-electron chi connectivity index (χ4n) is 3.25. The maximum atomic E-state index is 13.3. The highest BCUT2D eigenvalue weighted by Gasteiger charge is 2.27. The van der Waals surface area contributed by atoms with Crippen LogP contribution in [-0.2, 0) is 21.4 Å². The van der Waals surface area contributed by atoms with E-state index in [0.29, 0.717) is 22.1 Å². The lowest BCUT2D eigenvalue weighted by Crippen LogP contribution is -2.39. The Morgan fingerprint density at radius 2 is 1.76 bits per heavy atom. The number of fused-ring (bicyclic) bond motifs is 1. The van der Waals surface area contributed by atoms with E-state index in [1.165, 1.54) is 30.5 Å². The summed E-state index contributed by atoms with van der Waals surface area (Å²) in [5.74, 6) is 0.649. The predicted molar refractivity (Wildman–Crippen MR) is 129 cm³/mol. The van der Waals surface area contributed by atoms with Crippen LogP contribution in [0.4, 0.5) is 0 Å². The number of aryl methyl sites for hydroxylation is 1. The predicted octanol–water partition coefficient (Wildman–Crippen LogP) is 3.72. The summed E-state index contributed by atoms with van der Waals surface area (Å²) in [4.78, 5) is 12.7. The van der Waals surface area contributed by atoms with Crippen LogP contribution in [-0.4, -0.2) is 38.2 Å². The quantitative estimate of drug-likeness (QED) is 0.376. The van der Waals surface area contributed by atoms with Crippen LogP contribution in [0.1, 0.15) is 16.7 Å². The first kappa shape index (κ1) is 23.7. The summed E-state index contributed by atoms with van der Waals surface area (Å²) < 4.78 is 38.3. The molecule has 1 heterocycles. The fraction of sp³-hybridized carbons (Fsp3) is 0.167. The SMILES string of the molecule is Cc1ccc(CN(CC(=O)N/N=C\c2ccc3c(c2)OCO3)S(=O)(=O)c2ccc(Cl)cc2)cc1. The number of hydrogen-bond donors (Lipinski definition) is 1. The first-order valence-corrected chi connectivity index (χ1v) is 12.2. The molecule has 1 amide bonds. The topological polar surface area (TPSA) is 97.3 Å². The first-order valence-electron chi connectivity index (χ1n) is 10.3. The zero-order chi connectivity index (χ0) is 24.1. The van der Waals surface area contributed by atoms with Gasteiger partial charge in [0.25, 0.3) is 5.91 Å². The molecule has 0 fully saturated rings. The van der Waals surface area contributed by atoms with Gasteiger partial charge in [0, 0.05) is 11.6 Å². The summed E-state index contributed by atoms with van der Waals surface area (Å²) in [6, 6.07) is 18.5. The second-order valence-corrected chi connectivity index (χ2v) is 9.99. The van der Waals surface area contributed by atoms with Crippen molar-refractivity contribution in [1.82, 2.24) is 9.73 Å². The number of amides is 1. The minimum atomic E-state index is -3.97. The number of carbonyl (C=O) groups is 1. The molecule has 0 aliphatic carbocycles. The molecule has 0 spiro atoms. The summed E-state index contributed by atoms with van der Waals surface area (Å²) >= 11 is 5.91. The maximum absolute atomic E-state index is 13.3. The number of ether oxygens (including phenoxy) is 2. The van der Waals surface area contributed by atoms with Crippen LogP contribution in [0.15, 0.2) is 76.7 Å². The largest absolute Gasteiger partial charge is 0.454 e. The molecule has 0 saturated heterocycles. The van der Waals surface area contributed by atoms with Crippen LogP contribution in [0.25, 0.3) is 0 Å². The zero-order valence-corrected chi connectivity index (χ0v) is 19.8. The number of hydrogen-bond acceptors (Lipinski definition) is 6. The van der Waals surface area contributed by atoms with Gasteiger partial charge in [-0.1, -0.05) is 41.4 Å². The van der Waals surface area contributed by atoms with Crippen molar-refractivity contribution in [3.8, 4) is 11.5 Å². The lowest BCUT2D eigenvalue weighted by atomic mass is 10.1. The Morgan fingerprint density at radius 1 is 1.06 bits per heavy atom. The zero-order valence-electron chi connectivity index (χ0n) is 18.3. The molecule has 1 aliphatic rings. The Bertz CT molecular complexity index is 1310. The summed E-state index contributed by atoms with van der Waals surface area (Å²) in [6.07, 6.45) is 1.44. The highest BCUT2D eigenvalue weighted by Crippen LogP contribution is 2.32. The third-order valence-corrected chi connectivity index (χ3v) is 7.11. The Labute approximate surface area is 202 Å². The van der Waals surface area contributed by atoms with E-state index in [-0.39, 0.29) is 18.2 Å². The van der Waals surface area contributed by atoms with Gasteiger partial charge >= 0.3 is 0 Å². The second-order valence-electron chi connectivity index (χ2n) is 7.62. The average Bonchev–Trinajstić information content (AvgIpc) is 3.28. The molecule has 0 radical (unpaired) electrons. The van der Waals surface area contributed by atoms with Crippen LogP contribution in [0.3, 0.4) is 0 Å². The number of nitrogens with zero attached hydrogens (tertiary/aromatic N) is 2. The first-order chi connectivity index (χ1) is 16.3. The summed E-state index contributed by atoms with van der Waals surface area (Å²) in [7, 11) is -3.97. The minimum Gasteiger partial charge on any atom is -0.454 e. The molecule has 4 rings (SSSR count). The molecule has 0 aromatic heterocycles. The molecular weight excluding hydrogens is 478 g/mol. The Kier molecular flexibility index (Phi) is 7.16. The third kappa shape index (κ3) is 5.74. The standard InChI is InChI=1S/C24H22ClN3O5S/c1-17-2-4-18(5-3-17)14-28(34(30,31)21-9-7-20(25)8-10-21)15-24(29)27-26-13-19-6-11-22-23(12-19)33-16-32-22/h2-13H,14-16H2,1H3,(H,27,29)/b26-13-. The lowest BCUT2D eigenvalue weighted by Gasteiger charge is -2.21. The maximum Gasteiger partial charge on any atom is 0.255 e. The minimum absolute atomic E-state index is 0.0184. The van der Waals surface area contributed by atoms with Gasteiger partial charge in [-0.25, -0.2) is 13.8 Å². The van der Waals surface area contributed by atoms with E-state index in [4.69, 9.17) is 21.1 Å². The number of rotatable bonds is 8. The van der Waals surface area contributed by atoms with Crippen LogP contribution in [0.5, 0.6) is 11.5 Å².